The molecule has 0 bridgehead atoms. The predicted molar refractivity (Wildman–Crippen MR) is 123 cm³/mol. The SMILES string of the molecule is Cc1cc(C)c(C)c(C(=O)c2ccccc2[P](=O)C(=O)c2c(C)cccc2C)c1C. The molecule has 0 fully saturated rings. The van der Waals surface area contributed by atoms with E-state index in [2.05, 4.69) is 6.07 Å². The van der Waals surface area contributed by atoms with E-state index < -0.39 is 13.3 Å². The molecular formula is C26H26O3P. The summed E-state index contributed by atoms with van der Waals surface area (Å²) in [4.78, 5) is 26.7. The van der Waals surface area contributed by atoms with E-state index in [1.54, 1.807) is 24.3 Å². The lowest BCUT2D eigenvalue weighted by atomic mass is 9.89. The Bertz CT molecular complexity index is 1160. The van der Waals surface area contributed by atoms with Crippen LogP contribution in [0.5, 0.6) is 0 Å². The van der Waals surface area contributed by atoms with E-state index in [-0.39, 0.29) is 5.78 Å². The number of ketones is 1. The summed E-state index contributed by atoms with van der Waals surface area (Å²) >= 11 is 0. The molecule has 0 aliphatic heterocycles. The van der Waals surface area contributed by atoms with Crippen LogP contribution in [0.3, 0.4) is 0 Å². The van der Waals surface area contributed by atoms with Crippen molar-refractivity contribution in [2.24, 2.45) is 0 Å². The van der Waals surface area contributed by atoms with Crippen molar-refractivity contribution >= 4 is 24.4 Å². The van der Waals surface area contributed by atoms with Crippen LogP contribution in [0.15, 0.2) is 48.5 Å². The molecule has 3 aromatic carbocycles. The quantitative estimate of drug-likeness (QED) is 0.374. The summed E-state index contributed by atoms with van der Waals surface area (Å²) in [5.41, 5.74) is 6.46. The Hall–Kier alpha value is -2.90. The first-order valence-electron chi connectivity index (χ1n) is 9.94. The Kier molecular flexibility index (Phi) is 6.14. The predicted octanol–water partition coefficient (Wildman–Crippen LogP) is 6.06. The van der Waals surface area contributed by atoms with Crippen LogP contribution in [0, 0.1) is 41.5 Å². The fourth-order valence-electron chi connectivity index (χ4n) is 3.90. The second-order valence-electron chi connectivity index (χ2n) is 7.85. The van der Waals surface area contributed by atoms with Crippen LogP contribution in [0.2, 0.25) is 0 Å². The molecule has 0 N–H and O–H groups in total. The standard InChI is InChI=1S/C26H26O3P/c1-15-10-9-11-16(2)23(15)26(28)30(29)22-13-8-7-12-21(22)25(27)24-19(5)17(3)14-18(4)20(24)6/h7-14H,1-6H3. The third-order valence-electron chi connectivity index (χ3n) is 5.84. The largest absolute Gasteiger partial charge is 0.289 e. The molecule has 0 spiro atoms. The number of benzene rings is 3. The summed E-state index contributed by atoms with van der Waals surface area (Å²) < 4.78 is 13.4. The zero-order valence-corrected chi connectivity index (χ0v) is 19.2. The van der Waals surface area contributed by atoms with Crippen LogP contribution in [-0.4, -0.2) is 11.3 Å². The third kappa shape index (κ3) is 3.78. The number of hydrogen-bond acceptors (Lipinski definition) is 3. The fraction of sp³-hybridized carbons (Fsp3) is 0.231. The average molecular weight is 417 g/mol. The minimum absolute atomic E-state index is 0.190. The highest BCUT2D eigenvalue weighted by Gasteiger charge is 2.27. The maximum Gasteiger partial charge on any atom is 0.247 e. The fourth-order valence-corrected chi connectivity index (χ4v) is 5.29. The highest BCUT2D eigenvalue weighted by Crippen LogP contribution is 2.32. The number of aryl methyl sites for hydroxylation is 4. The van der Waals surface area contributed by atoms with Gasteiger partial charge in [0.25, 0.3) is 0 Å². The van der Waals surface area contributed by atoms with Crippen LogP contribution >= 0.6 is 7.80 Å². The monoisotopic (exact) mass is 417 g/mol. The summed E-state index contributed by atoms with van der Waals surface area (Å²) in [6.07, 6.45) is 0. The molecule has 1 atom stereocenters. The molecule has 0 amide bonds. The minimum Gasteiger partial charge on any atom is -0.289 e. The van der Waals surface area contributed by atoms with Gasteiger partial charge < -0.3 is 0 Å². The van der Waals surface area contributed by atoms with Crippen molar-refractivity contribution in [1.82, 2.24) is 0 Å². The van der Waals surface area contributed by atoms with E-state index >= 15 is 0 Å². The normalized spacial score (nSPS) is 11.3. The van der Waals surface area contributed by atoms with Crippen LogP contribution in [0.4, 0.5) is 0 Å². The van der Waals surface area contributed by atoms with Crippen molar-refractivity contribution in [3.63, 3.8) is 0 Å². The number of carbonyl (C=O) groups excluding carboxylic acids is 2. The van der Waals surface area contributed by atoms with Crippen LogP contribution < -0.4 is 5.30 Å². The molecule has 3 aromatic rings. The van der Waals surface area contributed by atoms with E-state index in [9.17, 15) is 14.2 Å². The lowest BCUT2D eigenvalue weighted by Gasteiger charge is -2.16. The van der Waals surface area contributed by atoms with E-state index in [1.165, 1.54) is 0 Å². The van der Waals surface area contributed by atoms with Gasteiger partial charge in [0, 0.05) is 16.7 Å². The number of carbonyl (C=O) groups is 2. The van der Waals surface area contributed by atoms with Crippen molar-refractivity contribution < 1.29 is 14.2 Å². The van der Waals surface area contributed by atoms with Crippen LogP contribution in [0.25, 0.3) is 0 Å². The smallest absolute Gasteiger partial charge is 0.247 e. The topological polar surface area (TPSA) is 51.2 Å². The molecule has 3 rings (SSSR count). The maximum absolute atomic E-state index is 13.6. The van der Waals surface area contributed by atoms with Crippen LogP contribution in [-0.2, 0) is 4.57 Å². The molecule has 0 aliphatic carbocycles. The van der Waals surface area contributed by atoms with Gasteiger partial charge in [-0.15, -0.1) is 0 Å². The molecule has 4 heteroatoms. The van der Waals surface area contributed by atoms with Gasteiger partial charge in [-0.05, 0) is 87.1 Å². The van der Waals surface area contributed by atoms with E-state index in [4.69, 9.17) is 0 Å². The third-order valence-corrected chi connectivity index (χ3v) is 7.26. The zero-order valence-electron chi connectivity index (χ0n) is 18.3. The Morgan fingerprint density at radius 1 is 0.667 bits per heavy atom. The van der Waals surface area contributed by atoms with Gasteiger partial charge in [0.15, 0.2) is 13.6 Å². The Morgan fingerprint density at radius 3 is 1.77 bits per heavy atom. The molecule has 153 valence electrons. The lowest BCUT2D eigenvalue weighted by Crippen LogP contribution is -2.18. The van der Waals surface area contributed by atoms with Crippen molar-refractivity contribution in [1.29, 1.82) is 0 Å². The lowest BCUT2D eigenvalue weighted by molar-refractivity contribution is 0.103. The van der Waals surface area contributed by atoms with Crippen LogP contribution in [0.1, 0.15) is 59.7 Å². The van der Waals surface area contributed by atoms with Gasteiger partial charge >= 0.3 is 0 Å². The van der Waals surface area contributed by atoms with E-state index in [1.807, 2.05) is 59.7 Å². The van der Waals surface area contributed by atoms with Gasteiger partial charge in [-0.1, -0.05) is 36.4 Å². The zero-order chi connectivity index (χ0) is 22.2. The molecule has 0 saturated heterocycles. The van der Waals surface area contributed by atoms with Gasteiger partial charge in [-0.25, -0.2) is 0 Å². The summed E-state index contributed by atoms with van der Waals surface area (Å²) in [6, 6.07) is 14.4. The van der Waals surface area contributed by atoms with Gasteiger partial charge in [-0.3, -0.25) is 14.2 Å². The summed E-state index contributed by atoms with van der Waals surface area (Å²) in [6.45, 7) is 11.5. The van der Waals surface area contributed by atoms with Crippen molar-refractivity contribution in [2.45, 2.75) is 41.5 Å². The summed E-state index contributed by atoms with van der Waals surface area (Å²) in [5.74, 6) is -0.190. The van der Waals surface area contributed by atoms with E-state index in [0.29, 0.717) is 22.0 Å². The molecule has 30 heavy (non-hydrogen) atoms. The van der Waals surface area contributed by atoms with Gasteiger partial charge in [0.1, 0.15) is 0 Å². The minimum atomic E-state index is -2.43. The molecule has 0 aromatic heterocycles. The van der Waals surface area contributed by atoms with Crippen molar-refractivity contribution in [2.75, 3.05) is 0 Å². The van der Waals surface area contributed by atoms with E-state index in [0.717, 1.165) is 33.4 Å². The second-order valence-corrected chi connectivity index (χ2v) is 9.32. The van der Waals surface area contributed by atoms with Gasteiger partial charge in [0.2, 0.25) is 5.52 Å². The first-order chi connectivity index (χ1) is 14.1. The first kappa shape index (κ1) is 21.8. The number of hydrogen-bond donors (Lipinski definition) is 0. The second kappa shape index (κ2) is 8.45. The van der Waals surface area contributed by atoms with Crippen molar-refractivity contribution in [3.05, 3.63) is 98.6 Å². The molecule has 0 aliphatic rings. The number of rotatable bonds is 5. The first-order valence-corrected chi connectivity index (χ1v) is 11.2. The Morgan fingerprint density at radius 2 is 1.20 bits per heavy atom. The van der Waals surface area contributed by atoms with Gasteiger partial charge in [0.05, 0.1) is 5.30 Å². The highest BCUT2D eigenvalue weighted by molar-refractivity contribution is 7.71. The molecule has 0 saturated carbocycles. The molecule has 3 nitrogen and oxygen atoms in total. The maximum atomic E-state index is 13.6. The molecular weight excluding hydrogens is 391 g/mol. The molecule has 0 heterocycles. The van der Waals surface area contributed by atoms with Gasteiger partial charge in [-0.2, -0.15) is 0 Å². The Labute approximate surface area is 178 Å². The molecule has 1 radical (unpaired) electrons. The Balaban J connectivity index is 2.13. The summed E-state index contributed by atoms with van der Waals surface area (Å²) in [7, 11) is -2.43. The van der Waals surface area contributed by atoms with Crippen molar-refractivity contribution in [3.8, 4) is 0 Å². The summed E-state index contributed by atoms with van der Waals surface area (Å²) in [5, 5.41) is 0.295. The molecule has 1 unspecified atom stereocenters. The average Bonchev–Trinajstić information content (AvgIpc) is 2.71. The highest BCUT2D eigenvalue weighted by atomic mass is 31.1.